The molecule has 0 spiro atoms. The van der Waals surface area contributed by atoms with Gasteiger partial charge in [-0.25, -0.2) is 9.97 Å². The molecule has 0 saturated carbocycles. The van der Waals surface area contributed by atoms with Gasteiger partial charge in [0.15, 0.2) is 5.16 Å². The molecule has 1 unspecified atom stereocenters. The van der Waals surface area contributed by atoms with Crippen molar-refractivity contribution in [3.63, 3.8) is 0 Å². The molecule has 6 nitrogen and oxygen atoms in total. The van der Waals surface area contributed by atoms with Crippen molar-refractivity contribution in [2.45, 2.75) is 30.2 Å². The smallest absolute Gasteiger partial charge is 0.240 e. The molecule has 1 amide bonds. The summed E-state index contributed by atoms with van der Waals surface area (Å²) in [6, 6.07) is 9.52. The van der Waals surface area contributed by atoms with E-state index in [9.17, 15) is 4.79 Å². The molecule has 0 saturated heterocycles. The van der Waals surface area contributed by atoms with Gasteiger partial charge in [0.05, 0.1) is 5.25 Å². The molecule has 120 valence electrons. The molecular formula is C16H19N5OS. The van der Waals surface area contributed by atoms with Crippen molar-refractivity contribution < 1.29 is 4.79 Å². The lowest BCUT2D eigenvalue weighted by Crippen LogP contribution is -2.36. The van der Waals surface area contributed by atoms with Crippen LogP contribution in [0.4, 0.5) is 17.3 Å². The Balaban J connectivity index is 1.80. The number of hydrogen-bond acceptors (Lipinski definition) is 6. The van der Waals surface area contributed by atoms with Crippen molar-refractivity contribution in [2.24, 2.45) is 0 Å². The number of benzene rings is 1. The van der Waals surface area contributed by atoms with Crippen LogP contribution in [-0.2, 0) is 11.2 Å². The molecule has 2 heterocycles. The van der Waals surface area contributed by atoms with Gasteiger partial charge in [0.25, 0.3) is 0 Å². The summed E-state index contributed by atoms with van der Waals surface area (Å²) in [6.07, 6.45) is 1.57. The second kappa shape index (κ2) is 6.45. The predicted octanol–water partition coefficient (Wildman–Crippen LogP) is 2.10. The van der Waals surface area contributed by atoms with Crippen LogP contribution in [0.25, 0.3) is 0 Å². The Hall–Kier alpha value is -2.28. The van der Waals surface area contributed by atoms with Crippen molar-refractivity contribution in [1.82, 2.24) is 9.97 Å². The molecule has 0 radical (unpaired) electrons. The van der Waals surface area contributed by atoms with Crippen molar-refractivity contribution in [3.8, 4) is 0 Å². The first kappa shape index (κ1) is 15.6. The van der Waals surface area contributed by atoms with Gasteiger partial charge in [-0.15, -0.1) is 0 Å². The molecule has 0 bridgehead atoms. The highest BCUT2D eigenvalue weighted by molar-refractivity contribution is 8.00. The van der Waals surface area contributed by atoms with Crippen LogP contribution >= 0.6 is 11.8 Å². The van der Waals surface area contributed by atoms with Crippen LogP contribution in [0.3, 0.4) is 0 Å². The summed E-state index contributed by atoms with van der Waals surface area (Å²) < 4.78 is 0. The Morgan fingerprint density at radius 1 is 1.30 bits per heavy atom. The van der Waals surface area contributed by atoms with E-state index in [-0.39, 0.29) is 11.2 Å². The number of thioether (sulfide) groups is 1. The number of hydrogen-bond donors (Lipinski definition) is 2. The van der Waals surface area contributed by atoms with Gasteiger partial charge in [0.2, 0.25) is 5.91 Å². The normalized spacial score (nSPS) is 14.6. The molecule has 0 fully saturated rings. The first-order valence-electron chi connectivity index (χ1n) is 7.54. The van der Waals surface area contributed by atoms with Gasteiger partial charge in [-0.1, -0.05) is 36.9 Å². The van der Waals surface area contributed by atoms with Gasteiger partial charge < -0.3 is 16.4 Å². The molecule has 2 aromatic rings. The number of nitrogens with two attached hydrogens (primary N) is 2. The van der Waals surface area contributed by atoms with E-state index in [0.717, 1.165) is 18.7 Å². The number of aromatic nitrogens is 2. The third-order valence-electron chi connectivity index (χ3n) is 3.79. The van der Waals surface area contributed by atoms with E-state index in [1.807, 2.05) is 30.0 Å². The summed E-state index contributed by atoms with van der Waals surface area (Å²) in [5, 5.41) is 0.178. The van der Waals surface area contributed by atoms with Crippen LogP contribution in [0.5, 0.6) is 0 Å². The molecule has 23 heavy (non-hydrogen) atoms. The van der Waals surface area contributed by atoms with E-state index < -0.39 is 0 Å². The molecule has 3 rings (SSSR count). The van der Waals surface area contributed by atoms with Crippen LogP contribution in [0.15, 0.2) is 35.5 Å². The number of rotatable bonds is 4. The molecule has 1 aliphatic rings. The predicted molar refractivity (Wildman–Crippen MR) is 93.3 cm³/mol. The lowest BCUT2D eigenvalue weighted by atomic mass is 10.2. The fourth-order valence-electron chi connectivity index (χ4n) is 2.69. The first-order valence-corrected chi connectivity index (χ1v) is 8.42. The minimum absolute atomic E-state index is 0.0760. The quantitative estimate of drug-likeness (QED) is 0.658. The zero-order valence-electron chi connectivity index (χ0n) is 12.9. The average molecular weight is 329 g/mol. The number of para-hydroxylation sites is 1. The van der Waals surface area contributed by atoms with E-state index in [2.05, 4.69) is 16.0 Å². The van der Waals surface area contributed by atoms with E-state index >= 15 is 0 Å². The third kappa shape index (κ3) is 3.24. The highest BCUT2D eigenvalue weighted by Gasteiger charge is 2.30. The molecule has 1 atom stereocenters. The largest absolute Gasteiger partial charge is 0.383 e. The highest BCUT2D eigenvalue weighted by Crippen LogP contribution is 2.32. The second-order valence-corrected chi connectivity index (χ2v) is 6.55. The first-order chi connectivity index (χ1) is 11.1. The number of carbonyl (C=O) groups excluding carboxylic acids is 1. The lowest BCUT2D eigenvalue weighted by Gasteiger charge is -2.22. The lowest BCUT2D eigenvalue weighted by molar-refractivity contribution is -0.118. The highest BCUT2D eigenvalue weighted by atomic mass is 32.2. The zero-order valence-corrected chi connectivity index (χ0v) is 13.7. The SMILES string of the molecule is CCC(Sc1nc(N)cc(N)n1)C(=O)N1CCc2ccccc21. The number of anilines is 3. The summed E-state index contributed by atoms with van der Waals surface area (Å²) in [6.45, 7) is 2.70. The van der Waals surface area contributed by atoms with Crippen molar-refractivity contribution in [2.75, 3.05) is 22.9 Å². The Labute approximate surface area is 139 Å². The summed E-state index contributed by atoms with van der Waals surface area (Å²) in [5.41, 5.74) is 13.6. The fourth-order valence-corrected chi connectivity index (χ4v) is 3.66. The van der Waals surface area contributed by atoms with Crippen molar-refractivity contribution >= 4 is 35.0 Å². The van der Waals surface area contributed by atoms with Crippen LogP contribution in [0, 0.1) is 0 Å². The molecular weight excluding hydrogens is 310 g/mol. The topological polar surface area (TPSA) is 98.1 Å². The van der Waals surface area contributed by atoms with E-state index in [4.69, 9.17) is 11.5 Å². The number of nitrogens with zero attached hydrogens (tertiary/aromatic N) is 3. The summed E-state index contributed by atoms with van der Waals surface area (Å²) in [4.78, 5) is 23.1. The molecule has 4 N–H and O–H groups in total. The molecule has 1 aromatic carbocycles. The monoisotopic (exact) mass is 329 g/mol. The van der Waals surface area contributed by atoms with Crippen LogP contribution in [-0.4, -0.2) is 27.7 Å². The van der Waals surface area contributed by atoms with E-state index in [1.54, 1.807) is 0 Å². The van der Waals surface area contributed by atoms with Crippen molar-refractivity contribution in [1.29, 1.82) is 0 Å². The zero-order chi connectivity index (χ0) is 16.4. The van der Waals surface area contributed by atoms with Gasteiger partial charge >= 0.3 is 0 Å². The molecule has 1 aromatic heterocycles. The Kier molecular flexibility index (Phi) is 4.38. The maximum atomic E-state index is 12.9. The minimum Gasteiger partial charge on any atom is -0.383 e. The minimum atomic E-state index is -0.262. The maximum absolute atomic E-state index is 12.9. The standard InChI is InChI=1S/C16H19N5OS/c1-2-12(23-16-19-13(17)9-14(18)20-16)15(22)21-8-7-10-5-3-4-6-11(10)21/h3-6,9,12H,2,7-8H2,1H3,(H4,17,18,19,20). The molecule has 7 heteroatoms. The second-order valence-electron chi connectivity index (χ2n) is 5.38. The van der Waals surface area contributed by atoms with E-state index in [0.29, 0.717) is 23.2 Å². The van der Waals surface area contributed by atoms with Crippen LogP contribution < -0.4 is 16.4 Å². The Bertz CT molecular complexity index is 716. The summed E-state index contributed by atoms with van der Waals surface area (Å²) in [5.74, 6) is 0.703. The fraction of sp³-hybridized carbons (Fsp3) is 0.312. The van der Waals surface area contributed by atoms with Gasteiger partial charge in [-0.05, 0) is 24.5 Å². The van der Waals surface area contributed by atoms with Gasteiger partial charge in [0.1, 0.15) is 11.6 Å². The van der Waals surface area contributed by atoms with Gasteiger partial charge in [-0.3, -0.25) is 4.79 Å². The van der Waals surface area contributed by atoms with Crippen molar-refractivity contribution in [3.05, 3.63) is 35.9 Å². The molecule has 0 aliphatic carbocycles. The average Bonchev–Trinajstić information content (AvgIpc) is 2.95. The van der Waals surface area contributed by atoms with Gasteiger partial charge in [-0.2, -0.15) is 0 Å². The van der Waals surface area contributed by atoms with Crippen LogP contribution in [0.2, 0.25) is 0 Å². The number of carbonyl (C=O) groups is 1. The third-order valence-corrected chi connectivity index (χ3v) is 5.01. The van der Waals surface area contributed by atoms with Gasteiger partial charge in [0, 0.05) is 18.3 Å². The summed E-state index contributed by atoms with van der Waals surface area (Å²) in [7, 11) is 0. The van der Waals surface area contributed by atoms with E-state index in [1.165, 1.54) is 23.4 Å². The molecule has 1 aliphatic heterocycles. The summed E-state index contributed by atoms with van der Waals surface area (Å²) >= 11 is 1.31. The Morgan fingerprint density at radius 2 is 2.00 bits per heavy atom. The number of nitrogen functional groups attached to an aromatic ring is 2. The Morgan fingerprint density at radius 3 is 2.70 bits per heavy atom. The number of amides is 1. The van der Waals surface area contributed by atoms with Crippen LogP contribution in [0.1, 0.15) is 18.9 Å². The maximum Gasteiger partial charge on any atom is 0.240 e. The number of fused-ring (bicyclic) bond motifs is 1.